The number of fused-ring (bicyclic) bond motifs is 1. The van der Waals surface area contributed by atoms with Crippen LogP contribution in [-0.4, -0.2) is 43.3 Å². The second-order valence-electron chi connectivity index (χ2n) is 5.43. The molecule has 5 heteroatoms. The molecule has 0 N–H and O–H groups in total. The van der Waals surface area contributed by atoms with E-state index in [9.17, 15) is 4.79 Å². The maximum Gasteiger partial charge on any atom is 0.332 e. The third-order valence-corrected chi connectivity index (χ3v) is 3.42. The van der Waals surface area contributed by atoms with Crippen molar-refractivity contribution in [2.24, 2.45) is 5.92 Å². The maximum absolute atomic E-state index is 11.3. The van der Waals surface area contributed by atoms with Gasteiger partial charge in [-0.15, -0.1) is 0 Å². The highest BCUT2D eigenvalue weighted by molar-refractivity contribution is 5.70. The van der Waals surface area contributed by atoms with Gasteiger partial charge in [0.2, 0.25) is 0 Å². The SMILES string of the molecule is CCOC(=O)COC1CC(C)[C@@H]2OC(C)(C)O[C@H]12. The minimum atomic E-state index is -0.560. The summed E-state index contributed by atoms with van der Waals surface area (Å²) in [5.74, 6) is -0.508. The average Bonchev–Trinajstić information content (AvgIpc) is 2.72. The summed E-state index contributed by atoms with van der Waals surface area (Å²) in [6.45, 7) is 8.07. The number of hydrogen-bond acceptors (Lipinski definition) is 5. The predicted octanol–water partition coefficient (Wildman–Crippen LogP) is 1.49. The summed E-state index contributed by atoms with van der Waals surface area (Å²) in [4.78, 5) is 11.3. The molecule has 1 aliphatic heterocycles. The zero-order valence-electron chi connectivity index (χ0n) is 11.5. The van der Waals surface area contributed by atoms with Crippen LogP contribution in [0.2, 0.25) is 0 Å². The lowest BCUT2D eigenvalue weighted by Gasteiger charge is -2.22. The topological polar surface area (TPSA) is 54.0 Å². The first-order valence-electron chi connectivity index (χ1n) is 6.56. The monoisotopic (exact) mass is 258 g/mol. The van der Waals surface area contributed by atoms with Crippen molar-refractivity contribution in [2.45, 2.75) is 58.2 Å². The Balaban J connectivity index is 1.89. The quantitative estimate of drug-likeness (QED) is 0.715. The van der Waals surface area contributed by atoms with Gasteiger partial charge < -0.3 is 18.9 Å². The lowest BCUT2D eigenvalue weighted by molar-refractivity contribution is -0.174. The van der Waals surface area contributed by atoms with Crippen molar-refractivity contribution < 1.29 is 23.7 Å². The Morgan fingerprint density at radius 1 is 1.33 bits per heavy atom. The van der Waals surface area contributed by atoms with Gasteiger partial charge in [-0.2, -0.15) is 0 Å². The summed E-state index contributed by atoms with van der Waals surface area (Å²) in [7, 11) is 0. The van der Waals surface area contributed by atoms with E-state index < -0.39 is 5.79 Å². The van der Waals surface area contributed by atoms with Gasteiger partial charge in [-0.1, -0.05) is 6.92 Å². The van der Waals surface area contributed by atoms with Crippen LogP contribution in [0.3, 0.4) is 0 Å². The molecule has 4 atom stereocenters. The number of esters is 1. The molecule has 18 heavy (non-hydrogen) atoms. The lowest BCUT2D eigenvalue weighted by Crippen LogP contribution is -2.32. The first-order chi connectivity index (χ1) is 8.43. The third-order valence-electron chi connectivity index (χ3n) is 3.42. The second-order valence-corrected chi connectivity index (χ2v) is 5.43. The molecule has 0 aromatic heterocycles. The first-order valence-corrected chi connectivity index (χ1v) is 6.56. The molecule has 2 fully saturated rings. The van der Waals surface area contributed by atoms with Gasteiger partial charge in [-0.05, 0) is 33.1 Å². The summed E-state index contributed by atoms with van der Waals surface area (Å²) in [5.41, 5.74) is 0. The van der Waals surface area contributed by atoms with E-state index in [4.69, 9.17) is 18.9 Å². The second kappa shape index (κ2) is 5.15. The minimum Gasteiger partial charge on any atom is -0.464 e. The van der Waals surface area contributed by atoms with E-state index in [0.29, 0.717) is 12.5 Å². The summed E-state index contributed by atoms with van der Waals surface area (Å²) in [5, 5.41) is 0. The number of ether oxygens (including phenoxy) is 4. The number of rotatable bonds is 4. The Morgan fingerprint density at radius 2 is 2.00 bits per heavy atom. The highest BCUT2D eigenvalue weighted by Gasteiger charge is 2.53. The van der Waals surface area contributed by atoms with Gasteiger partial charge in [0.15, 0.2) is 5.79 Å². The smallest absolute Gasteiger partial charge is 0.332 e. The molecule has 0 aromatic rings. The zero-order chi connectivity index (χ0) is 13.3. The summed E-state index contributed by atoms with van der Waals surface area (Å²) >= 11 is 0. The molecule has 0 radical (unpaired) electrons. The normalized spacial score (nSPS) is 37.6. The third kappa shape index (κ3) is 2.84. The largest absolute Gasteiger partial charge is 0.464 e. The van der Waals surface area contributed by atoms with Crippen molar-refractivity contribution in [3.63, 3.8) is 0 Å². The van der Waals surface area contributed by atoms with Crippen molar-refractivity contribution in [2.75, 3.05) is 13.2 Å². The molecule has 2 unspecified atom stereocenters. The molecule has 0 aromatic carbocycles. The molecule has 1 heterocycles. The van der Waals surface area contributed by atoms with Crippen molar-refractivity contribution in [1.29, 1.82) is 0 Å². The van der Waals surface area contributed by atoms with Crippen molar-refractivity contribution in [3.8, 4) is 0 Å². The summed E-state index contributed by atoms with van der Waals surface area (Å²) in [6, 6.07) is 0. The first kappa shape index (κ1) is 13.8. The minimum absolute atomic E-state index is 0.0156. The van der Waals surface area contributed by atoms with Crippen LogP contribution < -0.4 is 0 Å². The van der Waals surface area contributed by atoms with Crippen LogP contribution in [0.4, 0.5) is 0 Å². The number of carbonyl (C=O) groups excluding carboxylic acids is 1. The average molecular weight is 258 g/mol. The van der Waals surface area contributed by atoms with E-state index in [2.05, 4.69) is 6.92 Å². The van der Waals surface area contributed by atoms with E-state index in [-0.39, 0.29) is 30.9 Å². The fourth-order valence-corrected chi connectivity index (χ4v) is 2.72. The Hall–Kier alpha value is -0.650. The highest BCUT2D eigenvalue weighted by atomic mass is 16.8. The Morgan fingerprint density at radius 3 is 2.67 bits per heavy atom. The fourth-order valence-electron chi connectivity index (χ4n) is 2.72. The van der Waals surface area contributed by atoms with Crippen LogP contribution in [0.25, 0.3) is 0 Å². The van der Waals surface area contributed by atoms with Crippen molar-refractivity contribution >= 4 is 5.97 Å². The standard InChI is InChI=1S/C13H22O5/c1-5-15-10(14)7-16-9-6-8(2)11-12(9)18-13(3,4)17-11/h8-9,11-12H,5-7H2,1-4H3/t8?,9?,11-,12+/m0/s1. The Labute approximate surface area is 108 Å². The van der Waals surface area contributed by atoms with Gasteiger partial charge in [0, 0.05) is 0 Å². The molecule has 2 rings (SSSR count). The van der Waals surface area contributed by atoms with Gasteiger partial charge in [-0.25, -0.2) is 4.79 Å². The molecular formula is C13H22O5. The maximum atomic E-state index is 11.3. The molecule has 104 valence electrons. The molecule has 0 spiro atoms. The van der Waals surface area contributed by atoms with E-state index in [1.807, 2.05) is 13.8 Å². The van der Waals surface area contributed by atoms with E-state index >= 15 is 0 Å². The zero-order valence-corrected chi connectivity index (χ0v) is 11.5. The lowest BCUT2D eigenvalue weighted by atomic mass is 10.1. The molecule has 1 saturated heterocycles. The Bertz CT molecular complexity index is 315. The molecule has 0 amide bonds. The van der Waals surface area contributed by atoms with Gasteiger partial charge in [0.05, 0.1) is 18.8 Å². The molecule has 1 saturated carbocycles. The molecule has 5 nitrogen and oxygen atoms in total. The van der Waals surface area contributed by atoms with Crippen LogP contribution in [0, 0.1) is 5.92 Å². The molecule has 0 bridgehead atoms. The van der Waals surface area contributed by atoms with E-state index in [0.717, 1.165) is 6.42 Å². The van der Waals surface area contributed by atoms with Gasteiger partial charge in [0.25, 0.3) is 0 Å². The van der Waals surface area contributed by atoms with Crippen molar-refractivity contribution in [1.82, 2.24) is 0 Å². The van der Waals surface area contributed by atoms with Crippen LogP contribution in [-0.2, 0) is 23.7 Å². The van der Waals surface area contributed by atoms with Crippen molar-refractivity contribution in [3.05, 3.63) is 0 Å². The Kier molecular flexibility index (Phi) is 3.94. The van der Waals surface area contributed by atoms with Gasteiger partial charge in [-0.3, -0.25) is 0 Å². The van der Waals surface area contributed by atoms with Crippen LogP contribution in [0.15, 0.2) is 0 Å². The molecule has 1 aliphatic carbocycles. The van der Waals surface area contributed by atoms with Crippen LogP contribution in [0.5, 0.6) is 0 Å². The fraction of sp³-hybridized carbons (Fsp3) is 0.923. The van der Waals surface area contributed by atoms with Crippen LogP contribution in [0.1, 0.15) is 34.1 Å². The molecule has 2 aliphatic rings. The highest BCUT2D eigenvalue weighted by Crippen LogP contribution is 2.42. The summed E-state index contributed by atoms with van der Waals surface area (Å²) in [6.07, 6.45) is 0.748. The number of carbonyl (C=O) groups is 1. The van der Waals surface area contributed by atoms with Gasteiger partial charge >= 0.3 is 5.97 Å². The van der Waals surface area contributed by atoms with E-state index in [1.54, 1.807) is 6.92 Å². The number of hydrogen-bond donors (Lipinski definition) is 0. The van der Waals surface area contributed by atoms with Crippen LogP contribution >= 0.6 is 0 Å². The summed E-state index contributed by atoms with van der Waals surface area (Å²) < 4.78 is 22.2. The van der Waals surface area contributed by atoms with E-state index in [1.165, 1.54) is 0 Å². The predicted molar refractivity (Wildman–Crippen MR) is 64.0 cm³/mol. The molecular weight excluding hydrogens is 236 g/mol. The van der Waals surface area contributed by atoms with Gasteiger partial charge in [0.1, 0.15) is 12.7 Å².